The van der Waals surface area contributed by atoms with E-state index in [4.69, 9.17) is 32.7 Å². The summed E-state index contributed by atoms with van der Waals surface area (Å²) in [7, 11) is 1.31. The topological polar surface area (TPSA) is 108 Å². The number of carbonyl (C=O) groups excluding carboxylic acids is 2. The van der Waals surface area contributed by atoms with Crippen molar-refractivity contribution in [3.8, 4) is 5.75 Å². The van der Waals surface area contributed by atoms with Gasteiger partial charge in [0.05, 0.1) is 23.8 Å². The predicted octanol–water partition coefficient (Wildman–Crippen LogP) is 2.67. The third-order valence-corrected chi connectivity index (χ3v) is 4.81. The fraction of sp³-hybridized carbons (Fsp3) is 0.429. The molecule has 0 radical (unpaired) electrons. The number of rotatable bonds is 6. The van der Waals surface area contributed by atoms with E-state index in [1.54, 1.807) is 6.92 Å². The van der Waals surface area contributed by atoms with Gasteiger partial charge in [0, 0.05) is 12.5 Å². The van der Waals surface area contributed by atoms with Crippen LogP contribution in [0.3, 0.4) is 0 Å². The largest absolute Gasteiger partial charge is 0.494 e. The second kappa shape index (κ2) is 6.45. The Balaban J connectivity index is 1.95. The zero-order valence-electron chi connectivity index (χ0n) is 12.8. The van der Waals surface area contributed by atoms with Crippen LogP contribution in [-0.4, -0.2) is 34.8 Å². The van der Waals surface area contributed by atoms with Gasteiger partial charge in [-0.3, -0.25) is 19.7 Å². The van der Waals surface area contributed by atoms with Gasteiger partial charge in [0.25, 0.3) is 11.6 Å². The zero-order chi connectivity index (χ0) is 18.1. The molecule has 0 aliphatic heterocycles. The summed E-state index contributed by atoms with van der Waals surface area (Å²) in [5, 5.41) is 13.2. The second-order valence-corrected chi connectivity index (χ2v) is 6.96. The third-order valence-electron chi connectivity index (χ3n) is 3.71. The van der Waals surface area contributed by atoms with E-state index in [2.05, 4.69) is 5.32 Å². The molecule has 8 nitrogen and oxygen atoms in total. The maximum Gasteiger partial charge on any atom is 0.315 e. The number of halogens is 2. The molecule has 1 fully saturated rings. The second-order valence-electron chi connectivity index (χ2n) is 5.48. The molecule has 0 aromatic heterocycles. The molecular weight excluding hydrogens is 363 g/mol. The van der Waals surface area contributed by atoms with Crippen molar-refractivity contribution >= 4 is 46.5 Å². The highest BCUT2D eigenvalue weighted by atomic mass is 35.5. The molecule has 2 rings (SSSR count). The molecule has 1 aromatic carbocycles. The maximum absolute atomic E-state index is 11.9. The smallest absolute Gasteiger partial charge is 0.315 e. The molecule has 1 aliphatic rings. The Kier molecular flexibility index (Phi) is 4.91. The van der Waals surface area contributed by atoms with E-state index in [0.717, 1.165) is 0 Å². The van der Waals surface area contributed by atoms with Crippen molar-refractivity contribution in [1.82, 2.24) is 0 Å². The van der Waals surface area contributed by atoms with Gasteiger partial charge in [-0.2, -0.15) is 0 Å². The van der Waals surface area contributed by atoms with E-state index < -0.39 is 33.2 Å². The normalized spacial score (nSPS) is 20.8. The minimum Gasteiger partial charge on any atom is -0.494 e. The average Bonchev–Trinajstić information content (AvgIpc) is 3.04. The van der Waals surface area contributed by atoms with Crippen molar-refractivity contribution in [2.75, 3.05) is 19.0 Å². The van der Waals surface area contributed by atoms with Crippen LogP contribution in [0.15, 0.2) is 18.2 Å². The summed E-state index contributed by atoms with van der Waals surface area (Å²) < 4.78 is 8.72. The Morgan fingerprint density at radius 2 is 2.04 bits per heavy atom. The fourth-order valence-corrected chi connectivity index (χ4v) is 2.68. The van der Waals surface area contributed by atoms with Crippen LogP contribution in [0.1, 0.15) is 13.3 Å². The zero-order valence-corrected chi connectivity index (χ0v) is 14.3. The minimum absolute atomic E-state index is 0.110. The number of esters is 1. The van der Waals surface area contributed by atoms with Gasteiger partial charge in [-0.15, -0.1) is 23.2 Å². The highest BCUT2D eigenvalue weighted by Crippen LogP contribution is 2.64. The number of nitro benzene ring substituents is 1. The van der Waals surface area contributed by atoms with E-state index in [-0.39, 0.29) is 23.5 Å². The molecule has 1 saturated carbocycles. The first-order valence-electron chi connectivity index (χ1n) is 6.78. The molecule has 0 spiro atoms. The molecule has 0 bridgehead atoms. The average molecular weight is 377 g/mol. The van der Waals surface area contributed by atoms with Crippen LogP contribution in [0.4, 0.5) is 11.4 Å². The lowest BCUT2D eigenvalue weighted by Crippen LogP contribution is -2.26. The van der Waals surface area contributed by atoms with Crippen molar-refractivity contribution in [2.45, 2.75) is 17.7 Å². The van der Waals surface area contributed by atoms with Crippen molar-refractivity contribution in [3.05, 3.63) is 28.3 Å². The number of hydrogen-bond donors (Lipinski definition) is 1. The molecule has 0 unspecified atom stereocenters. The molecule has 130 valence electrons. The summed E-state index contributed by atoms with van der Waals surface area (Å²) >= 11 is 11.7. The monoisotopic (exact) mass is 376 g/mol. The van der Waals surface area contributed by atoms with Gasteiger partial charge in [0.2, 0.25) is 0 Å². The molecule has 1 N–H and O–H groups in total. The summed E-state index contributed by atoms with van der Waals surface area (Å²) in [5.41, 5.74) is -0.995. The summed E-state index contributed by atoms with van der Waals surface area (Å²) in [6.07, 6.45) is 0.250. The molecule has 1 aliphatic carbocycles. The van der Waals surface area contributed by atoms with Crippen molar-refractivity contribution < 1.29 is 24.0 Å². The first-order chi connectivity index (χ1) is 11.1. The summed E-state index contributed by atoms with van der Waals surface area (Å²) in [6, 6.07) is 3.70. The van der Waals surface area contributed by atoms with Crippen molar-refractivity contribution in [1.29, 1.82) is 0 Å². The van der Waals surface area contributed by atoms with Gasteiger partial charge in [-0.1, -0.05) is 0 Å². The van der Waals surface area contributed by atoms with Crippen LogP contribution in [0.25, 0.3) is 0 Å². The number of alkyl halides is 2. The van der Waals surface area contributed by atoms with Gasteiger partial charge in [0.15, 0.2) is 6.61 Å². The number of nitro groups is 1. The Labute approximate surface area is 147 Å². The Bertz CT molecular complexity index is 709. The third kappa shape index (κ3) is 3.54. The summed E-state index contributed by atoms with van der Waals surface area (Å²) in [6.45, 7) is 1.00. The van der Waals surface area contributed by atoms with Crippen LogP contribution < -0.4 is 10.1 Å². The van der Waals surface area contributed by atoms with E-state index in [9.17, 15) is 19.7 Å². The number of methoxy groups -OCH3 is 1. The molecule has 1 aromatic rings. The number of amides is 1. The van der Waals surface area contributed by atoms with Crippen LogP contribution >= 0.6 is 23.2 Å². The maximum atomic E-state index is 11.9. The van der Waals surface area contributed by atoms with Gasteiger partial charge in [0.1, 0.15) is 15.5 Å². The molecule has 0 saturated heterocycles. The summed E-state index contributed by atoms with van der Waals surface area (Å²) in [5.74, 6) is -1.19. The Hall–Kier alpha value is -2.06. The number of nitrogens with one attached hydrogen (secondary N) is 1. The quantitative estimate of drug-likeness (QED) is 0.353. The van der Waals surface area contributed by atoms with Gasteiger partial charge < -0.3 is 14.8 Å². The molecule has 1 amide bonds. The lowest BCUT2D eigenvalue weighted by molar-refractivity contribution is -0.384. The molecule has 10 heteroatoms. The number of carbonyl (C=O) groups is 2. The van der Waals surface area contributed by atoms with Crippen LogP contribution in [0.2, 0.25) is 0 Å². The highest BCUT2D eigenvalue weighted by Gasteiger charge is 2.69. The van der Waals surface area contributed by atoms with Gasteiger partial charge in [-0.25, -0.2) is 0 Å². The van der Waals surface area contributed by atoms with Gasteiger partial charge >= 0.3 is 5.97 Å². The number of benzene rings is 1. The molecule has 24 heavy (non-hydrogen) atoms. The van der Waals surface area contributed by atoms with Crippen molar-refractivity contribution in [3.63, 3.8) is 0 Å². The number of non-ortho nitro benzene ring substituents is 1. The number of anilines is 1. The highest BCUT2D eigenvalue weighted by molar-refractivity contribution is 6.53. The van der Waals surface area contributed by atoms with Crippen LogP contribution in [0.5, 0.6) is 5.75 Å². The lowest BCUT2D eigenvalue weighted by atomic mass is 10.1. The van der Waals surface area contributed by atoms with E-state index >= 15 is 0 Å². The van der Waals surface area contributed by atoms with Gasteiger partial charge in [-0.05, 0) is 13.0 Å². The summed E-state index contributed by atoms with van der Waals surface area (Å²) in [4.78, 5) is 33.9. The SMILES string of the molecule is COc1cc([N+](=O)[O-])ccc1NC(=O)COC(=O)[C@]1(C)CC1(Cl)Cl. The first-order valence-corrected chi connectivity index (χ1v) is 7.53. The number of ether oxygens (including phenoxy) is 2. The fourth-order valence-electron chi connectivity index (χ4n) is 1.99. The predicted molar refractivity (Wildman–Crippen MR) is 86.4 cm³/mol. The Morgan fingerprint density at radius 3 is 2.54 bits per heavy atom. The first kappa shape index (κ1) is 18.3. The standard InChI is InChI=1S/C14H14Cl2N2O6/c1-13(7-14(13,15)16)12(20)24-6-11(19)17-9-4-3-8(18(21)22)5-10(9)23-2/h3-5H,6-7H2,1-2H3,(H,17,19)/t13-/m0/s1. The van der Waals surface area contributed by atoms with E-state index in [0.29, 0.717) is 0 Å². The number of nitrogens with zero attached hydrogens (tertiary/aromatic N) is 1. The van der Waals surface area contributed by atoms with E-state index in [1.807, 2.05) is 0 Å². The minimum atomic E-state index is -1.18. The lowest BCUT2D eigenvalue weighted by Gasteiger charge is -2.13. The molecule has 0 heterocycles. The van der Waals surface area contributed by atoms with Crippen molar-refractivity contribution in [2.24, 2.45) is 5.41 Å². The number of hydrogen-bond acceptors (Lipinski definition) is 6. The van der Waals surface area contributed by atoms with Crippen LogP contribution in [0, 0.1) is 15.5 Å². The molecule has 1 atom stereocenters. The molecular formula is C14H14Cl2N2O6. The van der Waals surface area contributed by atoms with E-state index in [1.165, 1.54) is 25.3 Å². The Morgan fingerprint density at radius 1 is 1.42 bits per heavy atom. The van der Waals surface area contributed by atoms with Crippen LogP contribution in [-0.2, 0) is 14.3 Å².